The Morgan fingerprint density at radius 1 is 1.18 bits per heavy atom. The van der Waals surface area contributed by atoms with Crippen LogP contribution in [0.15, 0.2) is 36.4 Å². The number of carbonyl (C=O) groups excluding carboxylic acids is 1. The van der Waals surface area contributed by atoms with Crippen LogP contribution in [0.1, 0.15) is 15.9 Å². The van der Waals surface area contributed by atoms with Gasteiger partial charge in [-0.05, 0) is 36.8 Å². The normalized spacial score (nSPS) is 11.1. The molecule has 0 aliphatic carbocycles. The Hall–Kier alpha value is -2.64. The van der Waals surface area contributed by atoms with Gasteiger partial charge in [-0.2, -0.15) is 0 Å². The van der Waals surface area contributed by atoms with Gasteiger partial charge in [-0.1, -0.05) is 23.5 Å². The summed E-state index contributed by atoms with van der Waals surface area (Å²) in [5.41, 5.74) is 2.49. The molecule has 0 saturated heterocycles. The van der Waals surface area contributed by atoms with Crippen molar-refractivity contribution in [2.24, 2.45) is 0 Å². The first-order valence-electron chi connectivity index (χ1n) is 9.13. The zero-order valence-corrected chi connectivity index (χ0v) is 17.7. The zero-order valence-electron chi connectivity index (χ0n) is 16.9. The summed E-state index contributed by atoms with van der Waals surface area (Å²) < 4.78 is 11.8. The van der Waals surface area contributed by atoms with Gasteiger partial charge in [0.15, 0.2) is 5.13 Å². The van der Waals surface area contributed by atoms with Crippen molar-refractivity contribution < 1.29 is 19.2 Å². The van der Waals surface area contributed by atoms with Crippen LogP contribution in [0.4, 0.5) is 5.13 Å². The lowest BCUT2D eigenvalue weighted by Crippen LogP contribution is -3.06. The van der Waals surface area contributed by atoms with E-state index in [1.807, 2.05) is 31.2 Å². The molecule has 2 aromatic carbocycles. The topological polar surface area (TPSA) is 56.1 Å². The predicted octanol–water partition coefficient (Wildman–Crippen LogP) is 2.41. The Bertz CT molecular complexity index is 984. The van der Waals surface area contributed by atoms with E-state index in [2.05, 4.69) is 14.1 Å². The highest BCUT2D eigenvalue weighted by molar-refractivity contribution is 7.22. The van der Waals surface area contributed by atoms with Gasteiger partial charge in [0.2, 0.25) is 0 Å². The van der Waals surface area contributed by atoms with Crippen molar-refractivity contribution in [1.29, 1.82) is 0 Å². The first kappa shape index (κ1) is 20.1. The minimum absolute atomic E-state index is 0.0872. The summed E-state index contributed by atoms with van der Waals surface area (Å²) in [6.07, 6.45) is 0. The van der Waals surface area contributed by atoms with Crippen LogP contribution in [0.2, 0.25) is 0 Å². The van der Waals surface area contributed by atoms with Crippen LogP contribution >= 0.6 is 11.3 Å². The molecule has 0 bridgehead atoms. The SMILES string of the molecule is COc1cccc(C(=O)N(CC[NH+](C)C)c2nc3c(OC)ccc(C)c3s2)c1. The molecule has 1 N–H and O–H groups in total. The molecule has 0 aliphatic heterocycles. The molecule has 1 aromatic heterocycles. The van der Waals surface area contributed by atoms with Gasteiger partial charge in [0.25, 0.3) is 5.91 Å². The Morgan fingerprint density at radius 3 is 2.64 bits per heavy atom. The van der Waals surface area contributed by atoms with Crippen LogP contribution in [0.5, 0.6) is 11.5 Å². The molecule has 0 saturated carbocycles. The van der Waals surface area contributed by atoms with Gasteiger partial charge in [0.1, 0.15) is 17.0 Å². The average molecular weight is 401 g/mol. The van der Waals surface area contributed by atoms with Crippen molar-refractivity contribution in [3.8, 4) is 11.5 Å². The Balaban J connectivity index is 2.05. The van der Waals surface area contributed by atoms with Gasteiger partial charge < -0.3 is 14.4 Å². The number of aromatic nitrogens is 1. The monoisotopic (exact) mass is 400 g/mol. The van der Waals surface area contributed by atoms with E-state index in [-0.39, 0.29) is 5.91 Å². The second-order valence-electron chi connectivity index (χ2n) is 6.90. The summed E-state index contributed by atoms with van der Waals surface area (Å²) >= 11 is 1.52. The van der Waals surface area contributed by atoms with Crippen LogP contribution in [-0.4, -0.2) is 52.3 Å². The van der Waals surface area contributed by atoms with Crippen LogP contribution in [-0.2, 0) is 0 Å². The molecule has 148 valence electrons. The molecule has 3 aromatic rings. The summed E-state index contributed by atoms with van der Waals surface area (Å²) in [5, 5.41) is 0.677. The van der Waals surface area contributed by atoms with Crippen LogP contribution < -0.4 is 19.3 Å². The predicted molar refractivity (Wildman–Crippen MR) is 113 cm³/mol. The fourth-order valence-electron chi connectivity index (χ4n) is 2.91. The molecule has 1 heterocycles. The van der Waals surface area contributed by atoms with Crippen molar-refractivity contribution in [3.05, 3.63) is 47.5 Å². The van der Waals surface area contributed by atoms with Crippen LogP contribution in [0, 0.1) is 6.92 Å². The van der Waals surface area contributed by atoms with Gasteiger partial charge in [0, 0.05) is 5.56 Å². The Kier molecular flexibility index (Phi) is 6.16. The highest BCUT2D eigenvalue weighted by Crippen LogP contribution is 2.36. The number of nitrogens with zero attached hydrogens (tertiary/aromatic N) is 2. The molecule has 0 radical (unpaired) electrons. The molecule has 7 heteroatoms. The maximum atomic E-state index is 13.3. The van der Waals surface area contributed by atoms with E-state index in [1.54, 1.807) is 31.3 Å². The molecule has 3 rings (SSSR count). The maximum Gasteiger partial charge on any atom is 0.260 e. The standard InChI is InChI=1S/C21H25N3O3S/c1-14-9-10-17(27-5)18-19(14)28-21(22-18)24(12-11-23(2)3)20(25)15-7-6-8-16(13-15)26-4/h6-10,13H,11-12H2,1-5H3/p+1. The average Bonchev–Trinajstić information content (AvgIpc) is 3.14. The van der Waals surface area contributed by atoms with E-state index in [9.17, 15) is 4.79 Å². The lowest BCUT2D eigenvalue weighted by atomic mass is 10.2. The largest absolute Gasteiger partial charge is 0.497 e. The number of fused-ring (bicyclic) bond motifs is 1. The van der Waals surface area contributed by atoms with Crippen LogP contribution in [0.25, 0.3) is 10.2 Å². The number of carbonyl (C=O) groups is 1. The molecule has 0 unspecified atom stereocenters. The minimum atomic E-state index is -0.0872. The smallest absolute Gasteiger partial charge is 0.260 e. The van der Waals surface area contributed by atoms with Gasteiger partial charge >= 0.3 is 0 Å². The fraction of sp³-hybridized carbons (Fsp3) is 0.333. The molecule has 28 heavy (non-hydrogen) atoms. The van der Waals surface area contributed by atoms with E-state index >= 15 is 0 Å². The first-order chi connectivity index (χ1) is 13.4. The molecular formula is C21H26N3O3S+. The Labute approximate surface area is 169 Å². The van der Waals surface area contributed by atoms with Crippen molar-refractivity contribution in [3.63, 3.8) is 0 Å². The van der Waals surface area contributed by atoms with Crippen molar-refractivity contribution in [1.82, 2.24) is 4.98 Å². The highest BCUT2D eigenvalue weighted by Gasteiger charge is 2.24. The van der Waals surface area contributed by atoms with Gasteiger partial charge in [-0.3, -0.25) is 9.69 Å². The van der Waals surface area contributed by atoms with Gasteiger partial charge in [-0.25, -0.2) is 4.98 Å². The highest BCUT2D eigenvalue weighted by atomic mass is 32.1. The molecule has 0 atom stereocenters. The molecule has 0 fully saturated rings. The van der Waals surface area contributed by atoms with E-state index < -0.39 is 0 Å². The third kappa shape index (κ3) is 4.10. The number of amides is 1. The van der Waals surface area contributed by atoms with Crippen LogP contribution in [0.3, 0.4) is 0 Å². The number of aryl methyl sites for hydroxylation is 1. The number of benzene rings is 2. The number of rotatable bonds is 7. The number of nitrogens with one attached hydrogen (secondary N) is 1. The van der Waals surface area contributed by atoms with Gasteiger partial charge in [-0.15, -0.1) is 0 Å². The fourth-order valence-corrected chi connectivity index (χ4v) is 3.99. The van der Waals surface area contributed by atoms with Crippen molar-refractivity contribution in [2.75, 3.05) is 46.3 Å². The number of quaternary nitrogens is 1. The van der Waals surface area contributed by atoms with Crippen molar-refractivity contribution in [2.45, 2.75) is 6.92 Å². The van der Waals surface area contributed by atoms with E-state index in [4.69, 9.17) is 14.5 Å². The molecule has 0 aliphatic rings. The molecule has 0 spiro atoms. The third-order valence-corrected chi connectivity index (χ3v) is 5.75. The zero-order chi connectivity index (χ0) is 20.3. The minimum Gasteiger partial charge on any atom is -0.497 e. The number of anilines is 1. The first-order valence-corrected chi connectivity index (χ1v) is 9.95. The maximum absolute atomic E-state index is 13.3. The summed E-state index contributed by atoms with van der Waals surface area (Å²) in [6.45, 7) is 3.42. The number of likely N-dealkylation sites (N-methyl/N-ethyl adjacent to an activating group) is 1. The number of methoxy groups -OCH3 is 2. The van der Waals surface area contributed by atoms with E-state index in [0.29, 0.717) is 23.0 Å². The number of hydrogen-bond acceptors (Lipinski definition) is 5. The summed E-state index contributed by atoms with van der Waals surface area (Å²) in [4.78, 5) is 21.1. The lowest BCUT2D eigenvalue weighted by molar-refractivity contribution is -0.856. The quantitative estimate of drug-likeness (QED) is 0.662. The Morgan fingerprint density at radius 2 is 1.96 bits per heavy atom. The van der Waals surface area contributed by atoms with Crippen molar-refractivity contribution >= 4 is 32.6 Å². The molecule has 1 amide bonds. The second kappa shape index (κ2) is 8.58. The molecule has 6 nitrogen and oxygen atoms in total. The number of ether oxygens (including phenoxy) is 2. The summed E-state index contributed by atoms with van der Waals surface area (Å²) in [7, 11) is 7.37. The second-order valence-corrected chi connectivity index (χ2v) is 7.88. The van der Waals surface area contributed by atoms with E-state index in [0.717, 1.165) is 28.1 Å². The summed E-state index contributed by atoms with van der Waals surface area (Å²) in [5.74, 6) is 1.29. The third-order valence-electron chi connectivity index (χ3n) is 4.54. The van der Waals surface area contributed by atoms with E-state index in [1.165, 1.54) is 16.2 Å². The lowest BCUT2D eigenvalue weighted by Gasteiger charge is -2.21. The van der Waals surface area contributed by atoms with Gasteiger partial charge in [0.05, 0.1) is 46.1 Å². The number of hydrogen-bond donors (Lipinski definition) is 1. The number of thiazole rings is 1. The summed E-state index contributed by atoms with van der Waals surface area (Å²) in [6, 6.07) is 11.2. The molecular weight excluding hydrogens is 374 g/mol.